The lowest BCUT2D eigenvalue weighted by Crippen LogP contribution is -2.41. The number of anilines is 1. The van der Waals surface area contributed by atoms with Crippen LogP contribution in [0.25, 0.3) is 0 Å². The number of aryl methyl sites for hydroxylation is 1. The third-order valence-electron chi connectivity index (χ3n) is 3.21. The standard InChI is InChI=1S/C15H24N2O3/c1-10(2)13(7-8-18)17-15(19)16-12-5-6-14(20-4)11(3)9-12/h5-6,9-10,13,18H,7-8H2,1-4H3,(H2,16,17,19)/t13-/m1/s1. The van der Waals surface area contributed by atoms with E-state index < -0.39 is 0 Å². The van der Waals surface area contributed by atoms with Gasteiger partial charge in [-0.05, 0) is 43.0 Å². The van der Waals surface area contributed by atoms with Crippen LogP contribution in [-0.4, -0.2) is 30.9 Å². The number of hydrogen-bond donors (Lipinski definition) is 3. The van der Waals surface area contributed by atoms with Gasteiger partial charge in [0.25, 0.3) is 0 Å². The number of hydrogen-bond acceptors (Lipinski definition) is 3. The van der Waals surface area contributed by atoms with Crippen LogP contribution in [-0.2, 0) is 0 Å². The van der Waals surface area contributed by atoms with Crippen LogP contribution < -0.4 is 15.4 Å². The predicted molar refractivity (Wildman–Crippen MR) is 80.2 cm³/mol. The molecular formula is C15H24N2O3. The molecule has 0 fully saturated rings. The first-order valence-electron chi connectivity index (χ1n) is 6.81. The highest BCUT2D eigenvalue weighted by atomic mass is 16.5. The number of aliphatic hydroxyl groups excluding tert-OH is 1. The lowest BCUT2D eigenvalue weighted by molar-refractivity contribution is 0.227. The van der Waals surface area contributed by atoms with Crippen LogP contribution in [0.1, 0.15) is 25.8 Å². The van der Waals surface area contributed by atoms with Gasteiger partial charge in [-0.3, -0.25) is 0 Å². The molecule has 0 heterocycles. The van der Waals surface area contributed by atoms with Crippen molar-refractivity contribution in [1.82, 2.24) is 5.32 Å². The maximum absolute atomic E-state index is 11.9. The summed E-state index contributed by atoms with van der Waals surface area (Å²) in [6, 6.07) is 5.16. The van der Waals surface area contributed by atoms with Gasteiger partial charge in [-0.25, -0.2) is 4.79 Å². The van der Waals surface area contributed by atoms with Crippen LogP contribution in [0.5, 0.6) is 5.75 Å². The lowest BCUT2D eigenvalue weighted by Gasteiger charge is -2.21. The Hall–Kier alpha value is -1.75. The van der Waals surface area contributed by atoms with E-state index in [0.29, 0.717) is 12.1 Å². The van der Waals surface area contributed by atoms with Gasteiger partial charge < -0.3 is 20.5 Å². The Kier molecular flexibility index (Phi) is 6.31. The number of carbonyl (C=O) groups excluding carboxylic acids is 1. The molecule has 0 aliphatic heterocycles. The van der Waals surface area contributed by atoms with E-state index in [1.54, 1.807) is 13.2 Å². The first kappa shape index (κ1) is 16.3. The quantitative estimate of drug-likeness (QED) is 0.750. The van der Waals surface area contributed by atoms with E-state index in [1.165, 1.54) is 0 Å². The van der Waals surface area contributed by atoms with Gasteiger partial charge in [0.05, 0.1) is 7.11 Å². The first-order valence-corrected chi connectivity index (χ1v) is 6.81. The van der Waals surface area contributed by atoms with Crippen molar-refractivity contribution in [3.63, 3.8) is 0 Å². The maximum Gasteiger partial charge on any atom is 0.319 e. The van der Waals surface area contributed by atoms with Crippen LogP contribution in [0, 0.1) is 12.8 Å². The Labute approximate surface area is 120 Å². The van der Waals surface area contributed by atoms with Crippen molar-refractivity contribution >= 4 is 11.7 Å². The molecule has 20 heavy (non-hydrogen) atoms. The number of benzene rings is 1. The number of nitrogens with one attached hydrogen (secondary N) is 2. The van der Waals surface area contributed by atoms with E-state index in [0.717, 1.165) is 11.3 Å². The van der Waals surface area contributed by atoms with Crippen molar-refractivity contribution in [1.29, 1.82) is 0 Å². The van der Waals surface area contributed by atoms with Gasteiger partial charge in [0.1, 0.15) is 5.75 Å². The Morgan fingerprint density at radius 2 is 2.10 bits per heavy atom. The molecule has 1 aromatic rings. The van der Waals surface area contributed by atoms with Crippen LogP contribution in [0.4, 0.5) is 10.5 Å². The number of aliphatic hydroxyl groups is 1. The fourth-order valence-electron chi connectivity index (χ4n) is 2.00. The highest BCUT2D eigenvalue weighted by Gasteiger charge is 2.15. The first-order chi connectivity index (χ1) is 9.47. The molecule has 0 spiro atoms. The largest absolute Gasteiger partial charge is 0.496 e. The minimum atomic E-state index is -0.262. The molecule has 0 aliphatic rings. The number of rotatable bonds is 6. The highest BCUT2D eigenvalue weighted by molar-refractivity contribution is 5.89. The molecule has 0 radical (unpaired) electrons. The monoisotopic (exact) mass is 280 g/mol. The molecule has 1 atom stereocenters. The molecule has 5 heteroatoms. The molecule has 0 unspecified atom stereocenters. The van der Waals surface area contributed by atoms with E-state index in [9.17, 15) is 4.79 Å². The molecular weight excluding hydrogens is 256 g/mol. The Balaban J connectivity index is 2.63. The summed E-state index contributed by atoms with van der Waals surface area (Å²) in [4.78, 5) is 11.9. The van der Waals surface area contributed by atoms with Gasteiger partial charge in [0, 0.05) is 18.3 Å². The molecule has 5 nitrogen and oxygen atoms in total. The smallest absolute Gasteiger partial charge is 0.319 e. The lowest BCUT2D eigenvalue weighted by atomic mass is 10.0. The second kappa shape index (κ2) is 7.75. The third-order valence-corrected chi connectivity index (χ3v) is 3.21. The number of methoxy groups -OCH3 is 1. The summed E-state index contributed by atoms with van der Waals surface area (Å²) >= 11 is 0. The molecule has 1 rings (SSSR count). The topological polar surface area (TPSA) is 70.6 Å². The van der Waals surface area contributed by atoms with Crippen molar-refractivity contribution in [3.05, 3.63) is 23.8 Å². The third kappa shape index (κ3) is 4.74. The summed E-state index contributed by atoms with van der Waals surface area (Å²) in [5.41, 5.74) is 1.67. The summed E-state index contributed by atoms with van der Waals surface area (Å²) < 4.78 is 5.18. The van der Waals surface area contributed by atoms with E-state index in [4.69, 9.17) is 9.84 Å². The van der Waals surface area contributed by atoms with Gasteiger partial charge in [-0.15, -0.1) is 0 Å². The SMILES string of the molecule is COc1ccc(NC(=O)N[C@H](CCO)C(C)C)cc1C. The number of urea groups is 1. The molecule has 0 saturated carbocycles. The maximum atomic E-state index is 11.9. The molecule has 0 aliphatic carbocycles. The molecule has 0 saturated heterocycles. The number of amides is 2. The van der Waals surface area contributed by atoms with Crippen molar-refractivity contribution in [2.75, 3.05) is 19.0 Å². The minimum absolute atomic E-state index is 0.0423. The molecule has 112 valence electrons. The average molecular weight is 280 g/mol. The molecule has 1 aromatic carbocycles. The summed E-state index contributed by atoms with van der Waals surface area (Å²) in [5, 5.41) is 14.7. The van der Waals surface area contributed by atoms with Gasteiger partial charge in [0.2, 0.25) is 0 Å². The normalized spacial score (nSPS) is 12.1. The van der Waals surface area contributed by atoms with Gasteiger partial charge in [-0.1, -0.05) is 13.8 Å². The fourth-order valence-corrected chi connectivity index (χ4v) is 2.00. The van der Waals surface area contributed by atoms with Crippen LogP contribution in [0.15, 0.2) is 18.2 Å². The van der Waals surface area contributed by atoms with Crippen molar-refractivity contribution < 1.29 is 14.6 Å². The number of carbonyl (C=O) groups is 1. The van der Waals surface area contributed by atoms with Crippen molar-refractivity contribution in [2.24, 2.45) is 5.92 Å². The summed E-state index contributed by atoms with van der Waals surface area (Å²) in [7, 11) is 1.62. The molecule has 3 N–H and O–H groups in total. The van der Waals surface area contributed by atoms with E-state index in [1.807, 2.05) is 32.9 Å². The summed E-state index contributed by atoms with van der Waals surface area (Å²) in [6.45, 7) is 6.01. The van der Waals surface area contributed by atoms with Gasteiger partial charge in [-0.2, -0.15) is 0 Å². The second-order valence-electron chi connectivity index (χ2n) is 5.15. The summed E-state index contributed by atoms with van der Waals surface area (Å²) in [6.07, 6.45) is 0.548. The van der Waals surface area contributed by atoms with Crippen molar-refractivity contribution in [3.8, 4) is 5.75 Å². The predicted octanol–water partition coefficient (Wildman–Crippen LogP) is 2.53. The Morgan fingerprint density at radius 3 is 2.60 bits per heavy atom. The molecule has 2 amide bonds. The second-order valence-corrected chi connectivity index (χ2v) is 5.15. The zero-order valence-corrected chi connectivity index (χ0v) is 12.6. The minimum Gasteiger partial charge on any atom is -0.496 e. The van der Waals surface area contributed by atoms with Crippen LogP contribution in [0.3, 0.4) is 0 Å². The van der Waals surface area contributed by atoms with Gasteiger partial charge >= 0.3 is 6.03 Å². The highest BCUT2D eigenvalue weighted by Crippen LogP contribution is 2.21. The van der Waals surface area contributed by atoms with Crippen LogP contribution in [0.2, 0.25) is 0 Å². The Bertz CT molecular complexity index is 447. The van der Waals surface area contributed by atoms with Crippen LogP contribution >= 0.6 is 0 Å². The molecule has 0 bridgehead atoms. The molecule has 0 aromatic heterocycles. The summed E-state index contributed by atoms with van der Waals surface area (Å²) in [5.74, 6) is 1.06. The van der Waals surface area contributed by atoms with E-state index in [-0.39, 0.29) is 24.6 Å². The van der Waals surface area contributed by atoms with Crippen molar-refractivity contribution in [2.45, 2.75) is 33.2 Å². The van der Waals surface area contributed by atoms with E-state index in [2.05, 4.69) is 10.6 Å². The number of ether oxygens (including phenoxy) is 1. The van der Waals surface area contributed by atoms with E-state index >= 15 is 0 Å². The zero-order valence-electron chi connectivity index (χ0n) is 12.6. The average Bonchev–Trinajstić information content (AvgIpc) is 2.38. The fraction of sp³-hybridized carbons (Fsp3) is 0.533. The zero-order chi connectivity index (χ0) is 15.1. The van der Waals surface area contributed by atoms with Gasteiger partial charge in [0.15, 0.2) is 0 Å². The Morgan fingerprint density at radius 1 is 1.40 bits per heavy atom.